The molecule has 0 saturated carbocycles. The van der Waals surface area contributed by atoms with Crippen LogP contribution in [0.2, 0.25) is 11.1 Å². The van der Waals surface area contributed by atoms with Crippen LogP contribution in [-0.4, -0.2) is 20.7 Å². The number of carbonyl (C=O) groups excluding carboxylic acids is 1. The van der Waals surface area contributed by atoms with E-state index in [0.717, 1.165) is 10.9 Å². The Bertz CT molecular complexity index is 269. The minimum absolute atomic E-state index is 0.0722. The molecular formula is C11H14OSe. The van der Waals surface area contributed by atoms with E-state index in [1.165, 1.54) is 0 Å². The third-order valence-electron chi connectivity index (χ3n) is 2.07. The van der Waals surface area contributed by atoms with E-state index in [1.54, 1.807) is 0 Å². The van der Waals surface area contributed by atoms with Gasteiger partial charge >= 0.3 is 85.4 Å². The van der Waals surface area contributed by atoms with Crippen molar-refractivity contribution in [3.8, 4) is 0 Å². The number of rotatable bonds is 4. The van der Waals surface area contributed by atoms with E-state index in [0.29, 0.717) is 20.7 Å². The number of hydrogen-bond donors (Lipinski definition) is 0. The number of hydrogen-bond acceptors (Lipinski definition) is 1. The third-order valence-corrected chi connectivity index (χ3v) is 3.27. The fraction of sp³-hybridized carbons (Fsp3) is 0.364. The van der Waals surface area contributed by atoms with Crippen molar-refractivity contribution in [2.24, 2.45) is 0 Å². The summed E-state index contributed by atoms with van der Waals surface area (Å²) < 4.78 is 0. The van der Waals surface area contributed by atoms with Crippen LogP contribution in [0.1, 0.15) is 18.4 Å². The van der Waals surface area contributed by atoms with Crippen LogP contribution in [0, 0.1) is 0 Å². The molecule has 0 aliphatic heterocycles. The Hall–Kier alpha value is -0.591. The number of carbonyl (C=O) groups is 1. The zero-order chi connectivity index (χ0) is 9.68. The maximum absolute atomic E-state index is 11.6. The van der Waals surface area contributed by atoms with Gasteiger partial charge in [0, 0.05) is 0 Å². The molecule has 0 saturated heterocycles. The molecule has 1 rings (SSSR count). The van der Waals surface area contributed by atoms with Gasteiger partial charge in [-0.25, -0.2) is 0 Å². The van der Waals surface area contributed by atoms with Gasteiger partial charge in [0.2, 0.25) is 0 Å². The zero-order valence-corrected chi connectivity index (χ0v) is 9.70. The van der Waals surface area contributed by atoms with Crippen molar-refractivity contribution in [2.75, 3.05) is 0 Å². The van der Waals surface area contributed by atoms with E-state index in [9.17, 15) is 4.79 Å². The number of benzene rings is 1. The molecule has 70 valence electrons. The number of ketones is 1. The van der Waals surface area contributed by atoms with Crippen LogP contribution >= 0.6 is 0 Å². The maximum atomic E-state index is 11.6. The Morgan fingerprint density at radius 1 is 1.38 bits per heavy atom. The summed E-state index contributed by atoms with van der Waals surface area (Å²) in [6.45, 7) is 1.99. The van der Waals surface area contributed by atoms with Gasteiger partial charge in [-0.3, -0.25) is 0 Å². The van der Waals surface area contributed by atoms with Crippen molar-refractivity contribution in [1.29, 1.82) is 0 Å². The normalized spacial score (nSPS) is 12.5. The van der Waals surface area contributed by atoms with Crippen LogP contribution in [-0.2, 0) is 4.79 Å². The molecule has 0 spiro atoms. The van der Waals surface area contributed by atoms with Gasteiger partial charge in [-0.15, -0.1) is 0 Å². The molecule has 0 aliphatic carbocycles. The predicted molar refractivity (Wildman–Crippen MR) is 56.3 cm³/mol. The fourth-order valence-electron chi connectivity index (χ4n) is 1.19. The van der Waals surface area contributed by atoms with Gasteiger partial charge < -0.3 is 0 Å². The molecule has 0 unspecified atom stereocenters. The van der Waals surface area contributed by atoms with E-state index in [4.69, 9.17) is 0 Å². The first-order valence-corrected chi connectivity index (χ1v) is 7.24. The third kappa shape index (κ3) is 2.98. The van der Waals surface area contributed by atoms with Gasteiger partial charge in [0.15, 0.2) is 0 Å². The van der Waals surface area contributed by atoms with E-state index in [-0.39, 0.29) is 5.92 Å². The molecule has 0 aliphatic rings. The van der Waals surface area contributed by atoms with E-state index >= 15 is 0 Å². The molecule has 1 atom stereocenters. The minimum atomic E-state index is 0.0722. The van der Waals surface area contributed by atoms with Crippen LogP contribution in [0.3, 0.4) is 0 Å². The summed E-state index contributed by atoms with van der Waals surface area (Å²) in [6.07, 6.45) is 0. The topological polar surface area (TPSA) is 17.1 Å². The zero-order valence-electron chi connectivity index (χ0n) is 7.99. The molecule has 0 heterocycles. The molecule has 0 radical (unpaired) electrons. The second-order valence-corrected chi connectivity index (χ2v) is 4.85. The van der Waals surface area contributed by atoms with Gasteiger partial charge in [0.25, 0.3) is 0 Å². The van der Waals surface area contributed by atoms with E-state index in [2.05, 4.69) is 5.82 Å². The van der Waals surface area contributed by atoms with Crippen molar-refractivity contribution in [1.82, 2.24) is 0 Å². The SMILES string of the molecule is C[Se]CC(=O)[C@@H](C)c1ccccc1. The number of Topliss-reactive ketones (excluding diaryl/α,β-unsaturated/α-hetero) is 1. The molecule has 1 nitrogen and oxygen atoms in total. The van der Waals surface area contributed by atoms with Crippen molar-refractivity contribution in [3.63, 3.8) is 0 Å². The standard InChI is InChI=1S/C11H14OSe/c1-9(11(12)8-13-2)10-6-4-3-5-7-10/h3-7,9H,8H2,1-2H3/t9-/m0/s1. The molecule has 0 aromatic heterocycles. The molecule has 1 aromatic carbocycles. The van der Waals surface area contributed by atoms with Gasteiger partial charge in [0.1, 0.15) is 0 Å². The Kier molecular flexibility index (Phi) is 4.20. The molecule has 0 fully saturated rings. The first kappa shape index (κ1) is 10.5. The summed E-state index contributed by atoms with van der Waals surface area (Å²) in [4.78, 5) is 11.6. The van der Waals surface area contributed by atoms with Crippen molar-refractivity contribution in [3.05, 3.63) is 35.9 Å². The average Bonchev–Trinajstić information content (AvgIpc) is 2.18. The Morgan fingerprint density at radius 2 is 2.00 bits per heavy atom. The first-order valence-electron chi connectivity index (χ1n) is 4.32. The molecule has 1 aromatic rings. The second-order valence-electron chi connectivity index (χ2n) is 3.03. The Morgan fingerprint density at radius 3 is 2.54 bits per heavy atom. The van der Waals surface area contributed by atoms with Crippen LogP contribution in [0.25, 0.3) is 0 Å². The molecule has 0 bridgehead atoms. The Labute approximate surface area is 85.7 Å². The van der Waals surface area contributed by atoms with Gasteiger partial charge in [-0.05, 0) is 0 Å². The van der Waals surface area contributed by atoms with Crippen LogP contribution in [0.4, 0.5) is 0 Å². The summed E-state index contributed by atoms with van der Waals surface area (Å²) in [5, 5.41) is 0.753. The van der Waals surface area contributed by atoms with Crippen LogP contribution in [0.15, 0.2) is 30.3 Å². The Balaban J connectivity index is 2.68. The summed E-state index contributed by atoms with van der Waals surface area (Å²) in [6, 6.07) is 9.98. The molecule has 0 amide bonds. The van der Waals surface area contributed by atoms with Crippen LogP contribution < -0.4 is 0 Å². The quantitative estimate of drug-likeness (QED) is 0.740. The summed E-state index contributed by atoms with van der Waals surface area (Å²) >= 11 is 0.458. The van der Waals surface area contributed by atoms with Gasteiger partial charge in [0.05, 0.1) is 0 Å². The monoisotopic (exact) mass is 242 g/mol. The molecule has 2 heteroatoms. The van der Waals surface area contributed by atoms with Crippen molar-refractivity contribution >= 4 is 20.7 Å². The first-order chi connectivity index (χ1) is 6.25. The van der Waals surface area contributed by atoms with Gasteiger partial charge in [-0.2, -0.15) is 0 Å². The van der Waals surface area contributed by atoms with Crippen molar-refractivity contribution < 1.29 is 4.79 Å². The second kappa shape index (κ2) is 5.21. The van der Waals surface area contributed by atoms with E-state index in [1.807, 2.05) is 37.3 Å². The van der Waals surface area contributed by atoms with Gasteiger partial charge in [-0.1, -0.05) is 0 Å². The fourth-order valence-corrected chi connectivity index (χ4v) is 2.32. The summed E-state index contributed by atoms with van der Waals surface area (Å²) in [7, 11) is 0. The molecular weight excluding hydrogens is 227 g/mol. The molecule has 13 heavy (non-hydrogen) atoms. The van der Waals surface area contributed by atoms with E-state index < -0.39 is 0 Å². The van der Waals surface area contributed by atoms with Crippen LogP contribution in [0.5, 0.6) is 0 Å². The predicted octanol–water partition coefficient (Wildman–Crippen LogP) is 2.53. The average molecular weight is 241 g/mol. The summed E-state index contributed by atoms with van der Waals surface area (Å²) in [5.74, 6) is 2.54. The molecule has 0 N–H and O–H groups in total. The summed E-state index contributed by atoms with van der Waals surface area (Å²) in [5.41, 5.74) is 1.14. The van der Waals surface area contributed by atoms with Crippen molar-refractivity contribution in [2.45, 2.75) is 24.0 Å².